The molecular formula is C23H29NO4S. The summed E-state index contributed by atoms with van der Waals surface area (Å²) in [6, 6.07) is 15.8. The minimum Gasteiger partial charge on any atom is -0.497 e. The molecule has 0 saturated carbocycles. The smallest absolute Gasteiger partial charge is 0.223 e. The second-order valence-electron chi connectivity index (χ2n) is 7.00. The molecule has 1 unspecified atom stereocenters. The molecule has 0 aromatic heterocycles. The van der Waals surface area contributed by atoms with E-state index in [1.54, 1.807) is 26.0 Å². The normalized spacial score (nSPS) is 15.9. The van der Waals surface area contributed by atoms with Gasteiger partial charge in [-0.15, -0.1) is 11.8 Å². The molecule has 1 aliphatic rings. The molecule has 2 aromatic rings. The first kappa shape index (κ1) is 21.5. The molecule has 3 rings (SSSR count). The Morgan fingerprint density at radius 2 is 1.93 bits per heavy atom. The molecule has 0 radical (unpaired) electrons. The van der Waals surface area contributed by atoms with Crippen LogP contribution in [-0.2, 0) is 16.1 Å². The Labute approximate surface area is 177 Å². The van der Waals surface area contributed by atoms with Crippen LogP contribution in [0.3, 0.4) is 0 Å². The molecule has 5 nitrogen and oxygen atoms in total. The number of para-hydroxylation sites is 1. The number of benzene rings is 2. The van der Waals surface area contributed by atoms with Gasteiger partial charge >= 0.3 is 0 Å². The van der Waals surface area contributed by atoms with Crippen molar-refractivity contribution in [2.75, 3.05) is 33.1 Å². The Bertz CT molecular complexity index is 775. The zero-order valence-corrected chi connectivity index (χ0v) is 18.0. The molecule has 1 aliphatic heterocycles. The van der Waals surface area contributed by atoms with Crippen LogP contribution in [-0.4, -0.2) is 50.0 Å². The van der Waals surface area contributed by atoms with Crippen LogP contribution in [0.1, 0.15) is 24.8 Å². The van der Waals surface area contributed by atoms with E-state index in [1.807, 2.05) is 53.4 Å². The Kier molecular flexibility index (Phi) is 8.25. The van der Waals surface area contributed by atoms with E-state index in [9.17, 15) is 4.79 Å². The molecule has 0 aliphatic carbocycles. The van der Waals surface area contributed by atoms with Gasteiger partial charge in [0.15, 0.2) is 0 Å². The highest BCUT2D eigenvalue weighted by Crippen LogP contribution is 2.24. The molecule has 0 bridgehead atoms. The summed E-state index contributed by atoms with van der Waals surface area (Å²) in [4.78, 5) is 16.1. The first-order valence-electron chi connectivity index (χ1n) is 9.97. The van der Waals surface area contributed by atoms with Gasteiger partial charge in [-0.05, 0) is 43.2 Å². The third-order valence-electron chi connectivity index (χ3n) is 5.00. The number of hydrogen-bond donors (Lipinski definition) is 0. The quantitative estimate of drug-likeness (QED) is 0.539. The number of methoxy groups -OCH3 is 2. The molecule has 0 N–H and O–H groups in total. The van der Waals surface area contributed by atoms with Gasteiger partial charge in [-0.2, -0.15) is 0 Å². The highest BCUT2D eigenvalue weighted by atomic mass is 32.2. The summed E-state index contributed by atoms with van der Waals surface area (Å²) in [5.41, 5.74) is 1.02. The maximum atomic E-state index is 13.0. The topological polar surface area (TPSA) is 48.0 Å². The van der Waals surface area contributed by atoms with E-state index < -0.39 is 0 Å². The molecular weight excluding hydrogens is 386 g/mol. The van der Waals surface area contributed by atoms with Gasteiger partial charge in [0.05, 0.1) is 20.3 Å². The molecule has 1 heterocycles. The molecule has 2 aromatic carbocycles. The van der Waals surface area contributed by atoms with Crippen LogP contribution in [0.2, 0.25) is 0 Å². The van der Waals surface area contributed by atoms with Crippen LogP contribution < -0.4 is 9.47 Å². The fourth-order valence-corrected chi connectivity index (χ4v) is 4.26. The van der Waals surface area contributed by atoms with Gasteiger partial charge in [0.2, 0.25) is 5.91 Å². The first-order valence-corrected chi connectivity index (χ1v) is 11.0. The Morgan fingerprint density at radius 3 is 2.62 bits per heavy atom. The zero-order valence-electron chi connectivity index (χ0n) is 17.1. The van der Waals surface area contributed by atoms with Gasteiger partial charge < -0.3 is 19.1 Å². The number of rotatable bonds is 10. The largest absolute Gasteiger partial charge is 0.497 e. The fourth-order valence-electron chi connectivity index (χ4n) is 3.41. The third kappa shape index (κ3) is 6.41. The number of ether oxygens (including phenoxy) is 3. The van der Waals surface area contributed by atoms with Crippen LogP contribution in [0.25, 0.3) is 0 Å². The molecule has 1 amide bonds. The van der Waals surface area contributed by atoms with E-state index >= 15 is 0 Å². The second kappa shape index (κ2) is 11.1. The summed E-state index contributed by atoms with van der Waals surface area (Å²) in [5.74, 6) is 2.53. The molecule has 0 spiro atoms. The maximum Gasteiger partial charge on any atom is 0.223 e. The lowest BCUT2D eigenvalue weighted by atomic mass is 10.1. The van der Waals surface area contributed by atoms with Crippen molar-refractivity contribution in [3.63, 3.8) is 0 Å². The minimum absolute atomic E-state index is 0.128. The lowest BCUT2D eigenvalue weighted by Crippen LogP contribution is -2.37. The maximum absolute atomic E-state index is 13.0. The van der Waals surface area contributed by atoms with Crippen LogP contribution in [0, 0.1) is 0 Å². The summed E-state index contributed by atoms with van der Waals surface area (Å²) in [5, 5.41) is 0. The van der Waals surface area contributed by atoms with Crippen LogP contribution >= 0.6 is 11.8 Å². The van der Waals surface area contributed by atoms with Crippen LogP contribution in [0.5, 0.6) is 11.5 Å². The van der Waals surface area contributed by atoms with E-state index in [4.69, 9.17) is 14.2 Å². The van der Waals surface area contributed by atoms with E-state index in [0.717, 1.165) is 47.2 Å². The van der Waals surface area contributed by atoms with Crippen molar-refractivity contribution in [1.82, 2.24) is 4.90 Å². The van der Waals surface area contributed by atoms with Gasteiger partial charge in [-0.1, -0.05) is 18.2 Å². The highest BCUT2D eigenvalue weighted by Gasteiger charge is 2.23. The number of carbonyl (C=O) groups excluding carboxylic acids is 1. The van der Waals surface area contributed by atoms with Crippen molar-refractivity contribution in [1.29, 1.82) is 0 Å². The molecule has 156 valence electrons. The van der Waals surface area contributed by atoms with Gasteiger partial charge in [0.1, 0.15) is 11.5 Å². The second-order valence-corrected chi connectivity index (χ2v) is 8.16. The van der Waals surface area contributed by atoms with Gasteiger partial charge in [-0.3, -0.25) is 4.79 Å². The molecule has 1 fully saturated rings. The molecule has 6 heteroatoms. The van der Waals surface area contributed by atoms with Crippen molar-refractivity contribution in [2.24, 2.45) is 0 Å². The summed E-state index contributed by atoms with van der Waals surface area (Å²) in [7, 11) is 3.32. The van der Waals surface area contributed by atoms with E-state index in [2.05, 4.69) is 0 Å². The van der Waals surface area contributed by atoms with Crippen molar-refractivity contribution in [3.8, 4) is 11.5 Å². The number of carbonyl (C=O) groups is 1. The number of hydrogen-bond acceptors (Lipinski definition) is 5. The first-order chi connectivity index (χ1) is 14.2. The summed E-state index contributed by atoms with van der Waals surface area (Å²) in [6.45, 7) is 1.95. The van der Waals surface area contributed by atoms with Crippen LogP contribution in [0.15, 0.2) is 53.4 Å². The van der Waals surface area contributed by atoms with Gasteiger partial charge in [0, 0.05) is 42.3 Å². The van der Waals surface area contributed by atoms with Crippen molar-refractivity contribution in [3.05, 3.63) is 54.1 Å². The molecule has 29 heavy (non-hydrogen) atoms. The van der Waals surface area contributed by atoms with E-state index in [0.29, 0.717) is 19.5 Å². The van der Waals surface area contributed by atoms with Gasteiger partial charge in [0.25, 0.3) is 0 Å². The standard InChI is InChI=1S/C23H29NO4S/c1-26-19-9-11-21(12-10-19)29-15-13-23(25)24(17-20-7-5-14-28-20)16-18-6-3-4-8-22(18)27-2/h3-4,6,8-12,20H,5,7,13-17H2,1-2H3. The Balaban J connectivity index is 1.60. The summed E-state index contributed by atoms with van der Waals surface area (Å²) >= 11 is 1.68. The lowest BCUT2D eigenvalue weighted by molar-refractivity contribution is -0.133. The average Bonchev–Trinajstić information content (AvgIpc) is 3.27. The SMILES string of the molecule is COc1ccc(SCCC(=O)N(Cc2ccccc2OC)CC2CCCO2)cc1. The van der Waals surface area contributed by atoms with Crippen LogP contribution in [0.4, 0.5) is 0 Å². The zero-order chi connectivity index (χ0) is 20.5. The number of thioether (sulfide) groups is 1. The fraction of sp³-hybridized carbons (Fsp3) is 0.435. The van der Waals surface area contributed by atoms with Crippen molar-refractivity contribution >= 4 is 17.7 Å². The monoisotopic (exact) mass is 415 g/mol. The Hall–Kier alpha value is -2.18. The average molecular weight is 416 g/mol. The predicted octanol–water partition coefficient (Wildman–Crippen LogP) is 4.39. The molecule has 1 atom stereocenters. The summed E-state index contributed by atoms with van der Waals surface area (Å²) < 4.78 is 16.4. The van der Waals surface area contributed by atoms with Crippen molar-refractivity contribution in [2.45, 2.75) is 36.8 Å². The van der Waals surface area contributed by atoms with Crippen molar-refractivity contribution < 1.29 is 19.0 Å². The third-order valence-corrected chi connectivity index (χ3v) is 6.01. The number of amides is 1. The van der Waals surface area contributed by atoms with E-state index in [1.165, 1.54) is 0 Å². The predicted molar refractivity (Wildman–Crippen MR) is 116 cm³/mol. The minimum atomic E-state index is 0.128. The number of nitrogens with zero attached hydrogens (tertiary/aromatic N) is 1. The Morgan fingerprint density at radius 1 is 1.14 bits per heavy atom. The van der Waals surface area contributed by atoms with E-state index in [-0.39, 0.29) is 12.0 Å². The highest BCUT2D eigenvalue weighted by molar-refractivity contribution is 7.99. The van der Waals surface area contributed by atoms with Gasteiger partial charge in [-0.25, -0.2) is 0 Å². The summed E-state index contributed by atoms with van der Waals surface area (Å²) in [6.07, 6.45) is 2.69. The lowest BCUT2D eigenvalue weighted by Gasteiger charge is -2.26. The molecule has 1 saturated heterocycles.